The summed E-state index contributed by atoms with van der Waals surface area (Å²) in [6.07, 6.45) is 2.90. The second kappa shape index (κ2) is 8.25. The van der Waals surface area contributed by atoms with Gasteiger partial charge in [0.05, 0.1) is 6.61 Å². The first-order valence-corrected chi connectivity index (χ1v) is 5.77. The van der Waals surface area contributed by atoms with Gasteiger partial charge in [-0.3, -0.25) is 0 Å². The van der Waals surface area contributed by atoms with E-state index in [-0.39, 0.29) is 5.82 Å². The molecular formula is C13H20FNO. The number of benzene rings is 1. The molecule has 0 aliphatic heterocycles. The van der Waals surface area contributed by atoms with Crippen LogP contribution in [0.3, 0.4) is 0 Å². The minimum Gasteiger partial charge on any atom is -0.383 e. The topological polar surface area (TPSA) is 21.3 Å². The van der Waals surface area contributed by atoms with Gasteiger partial charge in [-0.2, -0.15) is 0 Å². The second-order valence-corrected chi connectivity index (χ2v) is 3.79. The van der Waals surface area contributed by atoms with Crippen molar-refractivity contribution >= 4 is 0 Å². The lowest BCUT2D eigenvalue weighted by Crippen LogP contribution is -2.20. The van der Waals surface area contributed by atoms with Gasteiger partial charge in [-0.15, -0.1) is 0 Å². The van der Waals surface area contributed by atoms with Crippen LogP contribution < -0.4 is 5.32 Å². The number of rotatable bonds is 8. The van der Waals surface area contributed by atoms with Crippen LogP contribution in [-0.2, 0) is 11.2 Å². The quantitative estimate of drug-likeness (QED) is 0.686. The maximum absolute atomic E-state index is 13.2. The highest BCUT2D eigenvalue weighted by Gasteiger charge is 1.99. The molecule has 16 heavy (non-hydrogen) atoms. The van der Waals surface area contributed by atoms with Gasteiger partial charge in [-0.25, -0.2) is 4.39 Å². The fourth-order valence-electron chi connectivity index (χ4n) is 1.57. The van der Waals surface area contributed by atoms with E-state index in [4.69, 9.17) is 4.74 Å². The summed E-state index contributed by atoms with van der Waals surface area (Å²) >= 11 is 0. The molecule has 0 radical (unpaired) electrons. The van der Waals surface area contributed by atoms with Crippen molar-refractivity contribution in [3.63, 3.8) is 0 Å². The van der Waals surface area contributed by atoms with Gasteiger partial charge >= 0.3 is 0 Å². The molecule has 0 aromatic heterocycles. The van der Waals surface area contributed by atoms with E-state index in [2.05, 4.69) is 5.32 Å². The standard InChI is InChI=1S/C13H20FNO/c1-16-11-10-15-9-5-4-7-12-6-2-3-8-13(12)14/h2-3,6,8,15H,4-5,7,9-11H2,1H3. The Kier molecular flexibility index (Phi) is 6.77. The van der Waals surface area contributed by atoms with E-state index in [0.717, 1.165) is 44.5 Å². The second-order valence-electron chi connectivity index (χ2n) is 3.79. The van der Waals surface area contributed by atoms with Crippen molar-refractivity contribution in [1.29, 1.82) is 0 Å². The molecule has 1 rings (SSSR count). The third kappa shape index (κ3) is 5.24. The summed E-state index contributed by atoms with van der Waals surface area (Å²) in [5, 5.41) is 3.27. The summed E-state index contributed by atoms with van der Waals surface area (Å²) in [5.41, 5.74) is 0.819. The number of halogens is 1. The number of ether oxygens (including phenoxy) is 1. The molecule has 0 saturated heterocycles. The molecule has 0 atom stereocenters. The average molecular weight is 225 g/mol. The predicted octanol–water partition coefficient (Wildman–Crippen LogP) is 2.38. The van der Waals surface area contributed by atoms with Gasteiger partial charge in [0.15, 0.2) is 0 Å². The number of unbranched alkanes of at least 4 members (excludes halogenated alkanes) is 1. The van der Waals surface area contributed by atoms with E-state index in [1.807, 2.05) is 12.1 Å². The molecule has 1 aromatic carbocycles. The molecule has 0 saturated carbocycles. The molecule has 0 heterocycles. The minimum absolute atomic E-state index is 0.0881. The Morgan fingerprint density at radius 1 is 1.19 bits per heavy atom. The Morgan fingerprint density at radius 3 is 2.75 bits per heavy atom. The molecule has 0 aliphatic rings. The van der Waals surface area contributed by atoms with Crippen LogP contribution in [0.2, 0.25) is 0 Å². The van der Waals surface area contributed by atoms with E-state index >= 15 is 0 Å². The van der Waals surface area contributed by atoms with Crippen molar-refractivity contribution in [2.24, 2.45) is 0 Å². The number of hydrogen-bond acceptors (Lipinski definition) is 2. The molecule has 0 bridgehead atoms. The molecule has 90 valence electrons. The first-order valence-electron chi connectivity index (χ1n) is 5.77. The van der Waals surface area contributed by atoms with Gasteiger partial charge < -0.3 is 10.1 Å². The summed E-state index contributed by atoms with van der Waals surface area (Å²) in [6.45, 7) is 2.60. The Bertz CT molecular complexity index is 291. The van der Waals surface area contributed by atoms with Crippen LogP contribution >= 0.6 is 0 Å². The molecule has 1 aromatic rings. The first kappa shape index (κ1) is 13.1. The molecule has 0 unspecified atom stereocenters. The van der Waals surface area contributed by atoms with E-state index in [1.54, 1.807) is 13.2 Å². The Labute approximate surface area is 96.8 Å². The van der Waals surface area contributed by atoms with Gasteiger partial charge in [0.1, 0.15) is 5.82 Å². The number of hydrogen-bond donors (Lipinski definition) is 1. The molecule has 0 fully saturated rings. The van der Waals surface area contributed by atoms with Crippen LogP contribution in [-0.4, -0.2) is 26.8 Å². The third-order valence-corrected chi connectivity index (χ3v) is 2.49. The van der Waals surface area contributed by atoms with E-state index in [1.165, 1.54) is 6.07 Å². The van der Waals surface area contributed by atoms with E-state index in [9.17, 15) is 4.39 Å². The van der Waals surface area contributed by atoms with Crippen LogP contribution in [0.1, 0.15) is 18.4 Å². The van der Waals surface area contributed by atoms with Crippen molar-refractivity contribution in [3.05, 3.63) is 35.6 Å². The van der Waals surface area contributed by atoms with Crippen LogP contribution in [0.5, 0.6) is 0 Å². The predicted molar refractivity (Wildman–Crippen MR) is 64.1 cm³/mol. The van der Waals surface area contributed by atoms with Crippen molar-refractivity contribution in [1.82, 2.24) is 5.32 Å². The highest BCUT2D eigenvalue weighted by molar-refractivity contribution is 5.17. The maximum Gasteiger partial charge on any atom is 0.126 e. The van der Waals surface area contributed by atoms with Crippen molar-refractivity contribution < 1.29 is 9.13 Å². The van der Waals surface area contributed by atoms with E-state index < -0.39 is 0 Å². The molecule has 3 heteroatoms. The smallest absolute Gasteiger partial charge is 0.126 e. The van der Waals surface area contributed by atoms with E-state index in [0.29, 0.717) is 0 Å². The molecule has 0 spiro atoms. The molecular weight excluding hydrogens is 205 g/mol. The van der Waals surface area contributed by atoms with Crippen LogP contribution in [0.15, 0.2) is 24.3 Å². The van der Waals surface area contributed by atoms with Gasteiger partial charge in [-0.05, 0) is 37.4 Å². The molecule has 0 amide bonds. The summed E-state index contributed by atoms with van der Waals surface area (Å²) in [7, 11) is 1.69. The fourth-order valence-corrected chi connectivity index (χ4v) is 1.57. The molecule has 1 N–H and O–H groups in total. The lowest BCUT2D eigenvalue weighted by molar-refractivity contribution is 0.199. The van der Waals surface area contributed by atoms with Crippen LogP contribution in [0.25, 0.3) is 0 Å². The van der Waals surface area contributed by atoms with Gasteiger partial charge in [-0.1, -0.05) is 18.2 Å². The zero-order valence-corrected chi connectivity index (χ0v) is 9.84. The first-order chi connectivity index (χ1) is 7.84. The zero-order valence-electron chi connectivity index (χ0n) is 9.84. The van der Waals surface area contributed by atoms with Crippen molar-refractivity contribution in [3.8, 4) is 0 Å². The number of aryl methyl sites for hydroxylation is 1. The number of nitrogens with one attached hydrogen (secondary N) is 1. The third-order valence-electron chi connectivity index (χ3n) is 2.49. The Hall–Kier alpha value is -0.930. The van der Waals surface area contributed by atoms with Crippen molar-refractivity contribution in [2.75, 3.05) is 26.8 Å². The Morgan fingerprint density at radius 2 is 2.00 bits per heavy atom. The fraction of sp³-hybridized carbons (Fsp3) is 0.538. The van der Waals surface area contributed by atoms with Gasteiger partial charge in [0.25, 0.3) is 0 Å². The lowest BCUT2D eigenvalue weighted by atomic mass is 10.1. The average Bonchev–Trinajstić information content (AvgIpc) is 2.30. The maximum atomic E-state index is 13.2. The van der Waals surface area contributed by atoms with Crippen molar-refractivity contribution in [2.45, 2.75) is 19.3 Å². The summed E-state index contributed by atoms with van der Waals surface area (Å²) < 4.78 is 18.2. The SMILES string of the molecule is COCCNCCCCc1ccccc1F. The van der Waals surface area contributed by atoms with Gasteiger partial charge in [0.2, 0.25) is 0 Å². The minimum atomic E-state index is -0.0881. The van der Waals surface area contributed by atoms with Crippen LogP contribution in [0.4, 0.5) is 4.39 Å². The zero-order chi connectivity index (χ0) is 11.6. The largest absolute Gasteiger partial charge is 0.383 e. The lowest BCUT2D eigenvalue weighted by Gasteiger charge is -2.04. The molecule has 0 aliphatic carbocycles. The summed E-state index contributed by atoms with van der Waals surface area (Å²) in [6, 6.07) is 6.99. The highest BCUT2D eigenvalue weighted by atomic mass is 19.1. The monoisotopic (exact) mass is 225 g/mol. The van der Waals surface area contributed by atoms with Gasteiger partial charge in [0, 0.05) is 13.7 Å². The normalized spacial score (nSPS) is 10.6. The highest BCUT2D eigenvalue weighted by Crippen LogP contribution is 2.09. The van der Waals surface area contributed by atoms with Crippen LogP contribution in [0, 0.1) is 5.82 Å². The summed E-state index contributed by atoms with van der Waals surface area (Å²) in [4.78, 5) is 0. The number of methoxy groups -OCH3 is 1. The molecule has 2 nitrogen and oxygen atoms in total. The Balaban J connectivity index is 2.05. The summed E-state index contributed by atoms with van der Waals surface area (Å²) in [5.74, 6) is -0.0881.